The van der Waals surface area contributed by atoms with Crippen LogP contribution in [0, 0.1) is 10.7 Å². The number of carbonyl (C=O) groups is 2. The van der Waals surface area contributed by atoms with E-state index in [1.165, 1.54) is 0 Å². The molecule has 0 saturated heterocycles. The minimum Gasteiger partial charge on any atom is -0.748 e. The normalized spacial score (nSPS) is 11.1. The highest BCUT2D eigenvalue weighted by molar-refractivity contribution is 14.1. The molecule has 11 heteroatoms. The average Bonchev–Trinajstić information content (AvgIpc) is 2.38. The third kappa shape index (κ3) is 7.22. The van der Waals surface area contributed by atoms with Crippen molar-refractivity contribution < 1.29 is 32.0 Å². The lowest BCUT2D eigenvalue weighted by molar-refractivity contribution is -0.146. The zero-order valence-corrected chi connectivity index (χ0v) is 18.0. The zero-order valence-electron chi connectivity index (χ0n) is 10.7. The Morgan fingerprint density at radius 3 is 2.36 bits per heavy atom. The predicted octanol–water partition coefficient (Wildman–Crippen LogP) is 1.75. The third-order valence-corrected chi connectivity index (χ3v) is 6.46. The Morgan fingerprint density at radius 2 is 1.77 bits per heavy atom. The van der Waals surface area contributed by atoms with Gasteiger partial charge in [-0.15, -0.1) is 0 Å². The van der Waals surface area contributed by atoms with Crippen LogP contribution in [0.5, 0.6) is 0 Å². The molecule has 0 aromatic heterocycles. The molecule has 122 valence electrons. The van der Waals surface area contributed by atoms with Gasteiger partial charge >= 0.3 is 11.9 Å². The van der Waals surface area contributed by atoms with Gasteiger partial charge in [-0.2, -0.15) is 0 Å². The van der Waals surface area contributed by atoms with E-state index in [1.807, 2.05) is 28.7 Å². The molecule has 0 fully saturated rings. The summed E-state index contributed by atoms with van der Waals surface area (Å²) < 4.78 is 42.7. The summed E-state index contributed by atoms with van der Waals surface area (Å²) in [4.78, 5) is 23.2. The lowest BCUT2D eigenvalue weighted by Crippen LogP contribution is -2.20. The van der Waals surface area contributed by atoms with E-state index in [4.69, 9.17) is 4.74 Å². The molecule has 0 radical (unpaired) electrons. The van der Waals surface area contributed by atoms with Gasteiger partial charge in [0.1, 0.15) is 6.61 Å². The smallest absolute Gasteiger partial charge is 0.344 e. The maximum atomic E-state index is 11.9. The Kier molecular flexibility index (Phi) is 8.24. The lowest BCUT2D eigenvalue weighted by atomic mass is 10.2. The van der Waals surface area contributed by atoms with Crippen molar-refractivity contribution in [2.75, 3.05) is 19.0 Å². The van der Waals surface area contributed by atoms with Gasteiger partial charge in [-0.3, -0.25) is 0 Å². The first-order chi connectivity index (χ1) is 10.1. The summed E-state index contributed by atoms with van der Waals surface area (Å²) in [7, 11) is -4.45. The maximum absolute atomic E-state index is 11.9. The van der Waals surface area contributed by atoms with E-state index < -0.39 is 41.0 Å². The molecular weight excluding hydrogens is 657 g/mol. The van der Waals surface area contributed by atoms with Crippen molar-refractivity contribution in [2.24, 2.45) is 0 Å². The Morgan fingerprint density at radius 1 is 1.14 bits per heavy atom. The highest BCUT2D eigenvalue weighted by Gasteiger charge is 2.17. The van der Waals surface area contributed by atoms with Crippen LogP contribution in [0.15, 0.2) is 12.1 Å². The topological polar surface area (TPSA) is 110 Å². The molecule has 0 N–H and O–H groups in total. The van der Waals surface area contributed by atoms with E-state index in [0.717, 1.165) is 7.14 Å². The molecule has 0 aliphatic heterocycles. The second-order valence-electron chi connectivity index (χ2n) is 3.81. The quantitative estimate of drug-likeness (QED) is 0.197. The fourth-order valence-corrected chi connectivity index (χ4v) is 3.87. The minimum atomic E-state index is -4.45. The first-order valence-electron chi connectivity index (χ1n) is 5.51. The van der Waals surface area contributed by atoms with Crippen LogP contribution in [0.25, 0.3) is 0 Å². The van der Waals surface area contributed by atoms with Gasteiger partial charge in [0.25, 0.3) is 0 Å². The van der Waals surface area contributed by atoms with Crippen LogP contribution in [-0.4, -0.2) is 43.9 Å². The van der Waals surface area contributed by atoms with Gasteiger partial charge < -0.3 is 14.0 Å². The van der Waals surface area contributed by atoms with E-state index in [0.29, 0.717) is 9.13 Å². The molecule has 1 aromatic carbocycles. The van der Waals surface area contributed by atoms with Crippen molar-refractivity contribution in [3.05, 3.63) is 28.4 Å². The first kappa shape index (κ1) is 20.3. The van der Waals surface area contributed by atoms with Crippen LogP contribution in [-0.2, 0) is 24.4 Å². The monoisotopic (exact) mass is 665 g/mol. The predicted molar refractivity (Wildman–Crippen MR) is 100 cm³/mol. The van der Waals surface area contributed by atoms with E-state index in [1.54, 1.807) is 6.07 Å². The van der Waals surface area contributed by atoms with Gasteiger partial charge in [0, 0.05) is 10.7 Å². The van der Waals surface area contributed by atoms with Crippen molar-refractivity contribution in [2.45, 2.75) is 0 Å². The molecule has 0 amide bonds. The molecule has 0 aliphatic rings. The maximum Gasteiger partial charge on any atom is 0.344 e. The summed E-state index contributed by atoms with van der Waals surface area (Å²) in [5.74, 6) is -2.43. The molecule has 1 rings (SSSR count). The number of esters is 2. The van der Waals surface area contributed by atoms with E-state index in [9.17, 15) is 22.6 Å². The number of hydrogen-bond acceptors (Lipinski definition) is 7. The molecule has 0 aliphatic carbocycles. The second kappa shape index (κ2) is 8.93. The van der Waals surface area contributed by atoms with Gasteiger partial charge in [0.2, 0.25) is 0 Å². The summed E-state index contributed by atoms with van der Waals surface area (Å²) in [6.07, 6.45) is 0. The number of ether oxygens (including phenoxy) is 2. The molecule has 7 nitrogen and oxygen atoms in total. The fourth-order valence-electron chi connectivity index (χ4n) is 1.21. The van der Waals surface area contributed by atoms with Crippen molar-refractivity contribution in [3.63, 3.8) is 0 Å². The summed E-state index contributed by atoms with van der Waals surface area (Å²) >= 11 is 6.13. The number of benzene rings is 1. The molecule has 0 heterocycles. The molecule has 0 unspecified atom stereocenters. The summed E-state index contributed by atoms with van der Waals surface area (Å²) in [6, 6.07) is 3.51. The standard InChI is InChI=1S/C11H9I3O7S/c12-6-3-7(10(14)8(13)4-6)11(16)21-5-9(15)20-1-2-22(17,18)19/h3-4H,1-2,5H2,(H,17,18,19)/p-1. The van der Waals surface area contributed by atoms with Crippen molar-refractivity contribution in [3.8, 4) is 0 Å². The number of carbonyl (C=O) groups excluding carboxylic acids is 2. The zero-order chi connectivity index (χ0) is 16.9. The Balaban J connectivity index is 2.55. The number of rotatable bonds is 6. The van der Waals surface area contributed by atoms with Crippen LogP contribution < -0.4 is 0 Å². The first-order valence-corrected chi connectivity index (χ1v) is 10.3. The Hall–Kier alpha value is 0.260. The number of halogens is 3. The van der Waals surface area contributed by atoms with E-state index >= 15 is 0 Å². The highest BCUT2D eigenvalue weighted by atomic mass is 127. The third-order valence-electron chi connectivity index (χ3n) is 2.13. The van der Waals surface area contributed by atoms with Gasteiger partial charge in [0.15, 0.2) is 6.61 Å². The molecule has 22 heavy (non-hydrogen) atoms. The van der Waals surface area contributed by atoms with Gasteiger partial charge in [-0.05, 0) is 79.9 Å². The van der Waals surface area contributed by atoms with Gasteiger partial charge in [-0.1, -0.05) is 0 Å². The van der Waals surface area contributed by atoms with Crippen molar-refractivity contribution in [1.29, 1.82) is 0 Å². The second-order valence-corrected chi connectivity index (χ2v) is 8.82. The minimum absolute atomic E-state index is 0.326. The highest BCUT2D eigenvalue weighted by Crippen LogP contribution is 2.23. The van der Waals surface area contributed by atoms with Crippen molar-refractivity contribution in [1.82, 2.24) is 0 Å². The molecule has 0 saturated carbocycles. The molecule has 0 atom stereocenters. The summed E-state index contributed by atoms with van der Waals surface area (Å²) in [5, 5.41) is 0. The van der Waals surface area contributed by atoms with Gasteiger partial charge in [-0.25, -0.2) is 18.0 Å². The summed E-state index contributed by atoms with van der Waals surface area (Å²) in [6.45, 7) is -1.23. The van der Waals surface area contributed by atoms with Crippen LogP contribution >= 0.6 is 67.8 Å². The molecule has 0 bridgehead atoms. The summed E-state index contributed by atoms with van der Waals surface area (Å²) in [5.41, 5.74) is 0.326. The number of hydrogen-bond donors (Lipinski definition) is 0. The SMILES string of the molecule is O=C(COC(=O)c1cc(I)cc(I)c1I)OCCS(=O)(=O)[O-]. The van der Waals surface area contributed by atoms with Crippen LogP contribution in [0.2, 0.25) is 0 Å². The van der Waals surface area contributed by atoms with Gasteiger partial charge in [0.05, 0.1) is 21.4 Å². The molecule has 0 spiro atoms. The van der Waals surface area contributed by atoms with E-state index in [2.05, 4.69) is 49.9 Å². The van der Waals surface area contributed by atoms with Crippen LogP contribution in [0.1, 0.15) is 10.4 Å². The van der Waals surface area contributed by atoms with E-state index in [-0.39, 0.29) is 0 Å². The average molecular weight is 665 g/mol. The van der Waals surface area contributed by atoms with Crippen molar-refractivity contribution >= 4 is 89.8 Å². The lowest BCUT2D eigenvalue weighted by Gasteiger charge is -2.09. The molecule has 1 aromatic rings. The largest absolute Gasteiger partial charge is 0.748 e. The molecular formula is C11H8I3O7S-. The van der Waals surface area contributed by atoms with Crippen LogP contribution in [0.4, 0.5) is 0 Å². The Bertz CT molecular complexity index is 687. The van der Waals surface area contributed by atoms with Crippen LogP contribution in [0.3, 0.4) is 0 Å². The fraction of sp³-hybridized carbons (Fsp3) is 0.273. The Labute approximate surface area is 167 Å².